The topological polar surface area (TPSA) is 121 Å². The van der Waals surface area contributed by atoms with Crippen molar-refractivity contribution in [1.29, 1.82) is 0 Å². The third-order valence-electron chi connectivity index (χ3n) is 6.75. The van der Waals surface area contributed by atoms with Gasteiger partial charge in [-0.05, 0) is 51.3 Å². The Morgan fingerprint density at radius 3 is 2.58 bits per heavy atom. The number of carbonyl (C=O) groups is 1. The number of amides is 1. The van der Waals surface area contributed by atoms with E-state index in [1.54, 1.807) is 17.1 Å². The minimum absolute atomic E-state index is 0.0178. The van der Waals surface area contributed by atoms with Crippen LogP contribution in [0.25, 0.3) is 5.82 Å². The van der Waals surface area contributed by atoms with Gasteiger partial charge >= 0.3 is 0 Å². The van der Waals surface area contributed by atoms with Crippen LogP contribution in [0.3, 0.4) is 0 Å². The molecule has 11 heteroatoms. The van der Waals surface area contributed by atoms with Crippen molar-refractivity contribution < 1.29 is 4.79 Å². The number of aryl methyl sites for hydroxylation is 3. The van der Waals surface area contributed by atoms with Crippen LogP contribution in [0.4, 0.5) is 17.6 Å². The van der Waals surface area contributed by atoms with E-state index in [1.165, 1.54) is 0 Å². The first-order valence-corrected chi connectivity index (χ1v) is 12.1. The van der Waals surface area contributed by atoms with Crippen LogP contribution in [-0.2, 0) is 0 Å². The second-order valence-corrected chi connectivity index (χ2v) is 9.73. The number of hydrogen-bond acceptors (Lipinski definition) is 8. The van der Waals surface area contributed by atoms with Crippen LogP contribution in [0.15, 0.2) is 42.9 Å². The molecule has 1 saturated carbocycles. The number of nitrogens with zero attached hydrogens (tertiary/aromatic N) is 8. The van der Waals surface area contributed by atoms with Crippen molar-refractivity contribution >= 4 is 23.5 Å². The average molecular weight is 485 g/mol. The summed E-state index contributed by atoms with van der Waals surface area (Å²) in [5.41, 5.74) is 3.31. The van der Waals surface area contributed by atoms with E-state index < -0.39 is 0 Å². The normalized spacial score (nSPS) is 16.4. The Kier molecular flexibility index (Phi) is 5.20. The van der Waals surface area contributed by atoms with Crippen LogP contribution in [0.1, 0.15) is 40.2 Å². The number of hydrogen-bond donors (Lipinski definition) is 2. The molecule has 0 atom stereocenters. The smallest absolute Gasteiger partial charge is 0.256 e. The molecule has 4 aromatic rings. The minimum atomic E-state index is -0.187. The molecule has 1 spiro atoms. The van der Waals surface area contributed by atoms with Crippen molar-refractivity contribution in [2.45, 2.75) is 39.2 Å². The largest absolute Gasteiger partial charge is 0.337 e. The molecule has 4 aromatic heterocycles. The molecule has 36 heavy (non-hydrogen) atoms. The highest BCUT2D eigenvalue weighted by Gasteiger charge is 2.53. The molecule has 1 saturated heterocycles. The molecule has 2 aliphatic rings. The second kappa shape index (κ2) is 8.43. The first-order chi connectivity index (χ1) is 17.4. The van der Waals surface area contributed by atoms with Crippen LogP contribution >= 0.6 is 0 Å². The summed E-state index contributed by atoms with van der Waals surface area (Å²) in [5, 5.41) is 14.7. The molecular weight excluding hydrogens is 456 g/mol. The fourth-order valence-corrected chi connectivity index (χ4v) is 4.75. The van der Waals surface area contributed by atoms with Gasteiger partial charge in [0.05, 0.1) is 17.3 Å². The molecule has 0 unspecified atom stereocenters. The van der Waals surface area contributed by atoms with Gasteiger partial charge in [0.15, 0.2) is 11.6 Å². The summed E-state index contributed by atoms with van der Waals surface area (Å²) >= 11 is 0. The van der Waals surface area contributed by atoms with Gasteiger partial charge in [-0.25, -0.2) is 14.6 Å². The van der Waals surface area contributed by atoms with E-state index in [4.69, 9.17) is 9.97 Å². The number of H-pyrrole nitrogens is 1. The molecule has 1 aliphatic heterocycles. The van der Waals surface area contributed by atoms with Gasteiger partial charge in [0.1, 0.15) is 5.82 Å². The molecule has 1 amide bonds. The maximum Gasteiger partial charge on any atom is 0.256 e. The van der Waals surface area contributed by atoms with E-state index in [2.05, 4.69) is 30.5 Å². The summed E-state index contributed by atoms with van der Waals surface area (Å²) < 4.78 is 1.71. The lowest BCUT2D eigenvalue weighted by Crippen LogP contribution is -2.57. The van der Waals surface area contributed by atoms with Crippen molar-refractivity contribution in [3.63, 3.8) is 0 Å². The van der Waals surface area contributed by atoms with E-state index in [0.717, 1.165) is 29.8 Å². The Morgan fingerprint density at radius 1 is 1.06 bits per heavy atom. The highest BCUT2D eigenvalue weighted by Crippen LogP contribution is 2.45. The Morgan fingerprint density at radius 2 is 1.92 bits per heavy atom. The molecular formula is C25H28N10O. The number of aromatic amines is 1. The van der Waals surface area contributed by atoms with E-state index in [9.17, 15) is 4.79 Å². The van der Waals surface area contributed by atoms with Crippen molar-refractivity contribution in [3.8, 4) is 5.82 Å². The Bertz CT molecular complexity index is 1420. The van der Waals surface area contributed by atoms with E-state index in [1.807, 2.05) is 56.1 Å². The van der Waals surface area contributed by atoms with Crippen LogP contribution < -0.4 is 10.2 Å². The molecule has 0 radical (unpaired) electrons. The maximum atomic E-state index is 13.5. The monoisotopic (exact) mass is 484 g/mol. The second-order valence-electron chi connectivity index (χ2n) is 9.73. The summed E-state index contributed by atoms with van der Waals surface area (Å²) in [4.78, 5) is 31.6. The first kappa shape index (κ1) is 22.2. The average Bonchev–Trinajstić information content (AvgIpc) is 3.27. The molecule has 5 heterocycles. The third-order valence-corrected chi connectivity index (χ3v) is 6.75. The summed E-state index contributed by atoms with van der Waals surface area (Å²) in [6, 6.07) is 7.51. The van der Waals surface area contributed by atoms with Crippen molar-refractivity contribution in [2.75, 3.05) is 29.9 Å². The van der Waals surface area contributed by atoms with Crippen molar-refractivity contribution in [2.24, 2.45) is 0 Å². The van der Waals surface area contributed by atoms with Gasteiger partial charge in [0, 0.05) is 55.5 Å². The van der Waals surface area contributed by atoms with Gasteiger partial charge in [-0.15, -0.1) is 0 Å². The molecule has 0 aromatic carbocycles. The first-order valence-electron chi connectivity index (χ1n) is 12.1. The number of rotatable bonds is 5. The van der Waals surface area contributed by atoms with Gasteiger partial charge in [0.25, 0.3) is 5.91 Å². The van der Waals surface area contributed by atoms with Crippen LogP contribution in [0.5, 0.6) is 0 Å². The van der Waals surface area contributed by atoms with E-state index in [-0.39, 0.29) is 11.4 Å². The summed E-state index contributed by atoms with van der Waals surface area (Å²) in [6.07, 6.45) is 7.28. The number of aromatic nitrogens is 7. The standard InChI is InChI=1S/C25H28N10O/c1-16-12-27-35(14-16)22-5-4-19(13-26-22)23(36)34-9-8-33(15-25(34)6-7-25)24-28-17(2)10-20(30-24)29-21-11-18(3)31-32-21/h4-5,10-14H,6-9,15H2,1-3H3,(H2,28,29,30,31,32). The van der Waals surface area contributed by atoms with Crippen LogP contribution in [-0.4, -0.2) is 70.9 Å². The van der Waals surface area contributed by atoms with Gasteiger partial charge in [0.2, 0.25) is 5.95 Å². The lowest BCUT2D eigenvalue weighted by atomic mass is 10.1. The third kappa shape index (κ3) is 4.16. The van der Waals surface area contributed by atoms with E-state index >= 15 is 0 Å². The molecule has 184 valence electrons. The molecule has 11 nitrogen and oxygen atoms in total. The number of piperazine rings is 1. The van der Waals surface area contributed by atoms with Crippen molar-refractivity contribution in [1.82, 2.24) is 39.8 Å². The maximum absolute atomic E-state index is 13.5. The fraction of sp³-hybridized carbons (Fsp3) is 0.360. The summed E-state index contributed by atoms with van der Waals surface area (Å²) in [6.45, 7) is 7.87. The zero-order valence-electron chi connectivity index (χ0n) is 20.6. The number of anilines is 3. The van der Waals surface area contributed by atoms with Crippen molar-refractivity contribution in [3.05, 3.63) is 65.4 Å². The van der Waals surface area contributed by atoms with Gasteiger partial charge in [-0.2, -0.15) is 15.2 Å². The highest BCUT2D eigenvalue weighted by molar-refractivity contribution is 5.95. The van der Waals surface area contributed by atoms with E-state index in [0.29, 0.717) is 48.6 Å². The molecule has 2 fully saturated rings. The Hall–Kier alpha value is -4.28. The number of carbonyl (C=O) groups excluding carboxylic acids is 1. The van der Waals surface area contributed by atoms with Gasteiger partial charge in [-0.1, -0.05) is 0 Å². The lowest BCUT2D eigenvalue weighted by Gasteiger charge is -2.42. The minimum Gasteiger partial charge on any atom is -0.337 e. The number of nitrogens with one attached hydrogen (secondary N) is 2. The zero-order chi connectivity index (χ0) is 24.9. The Balaban J connectivity index is 1.17. The van der Waals surface area contributed by atoms with Gasteiger partial charge < -0.3 is 15.1 Å². The molecule has 2 N–H and O–H groups in total. The van der Waals surface area contributed by atoms with Crippen LogP contribution in [0, 0.1) is 20.8 Å². The quantitative estimate of drug-likeness (QED) is 0.444. The zero-order valence-corrected chi connectivity index (χ0v) is 20.6. The summed E-state index contributed by atoms with van der Waals surface area (Å²) in [5.74, 6) is 2.79. The number of pyridine rings is 1. The Labute approximate surface area is 208 Å². The molecule has 0 bridgehead atoms. The van der Waals surface area contributed by atoms with Crippen LogP contribution in [0.2, 0.25) is 0 Å². The predicted molar refractivity (Wildman–Crippen MR) is 135 cm³/mol. The van der Waals surface area contributed by atoms with Gasteiger partial charge in [-0.3, -0.25) is 9.89 Å². The fourth-order valence-electron chi connectivity index (χ4n) is 4.75. The predicted octanol–water partition coefficient (Wildman–Crippen LogP) is 2.94. The SMILES string of the molecule is Cc1cnn(-c2ccc(C(=O)N3CCN(c4nc(C)cc(Nc5cc(C)[nH]n5)n4)CC34CC4)cn2)c1. The molecule has 6 rings (SSSR count). The lowest BCUT2D eigenvalue weighted by molar-refractivity contribution is 0.0623. The highest BCUT2D eigenvalue weighted by atomic mass is 16.2. The molecule has 1 aliphatic carbocycles. The summed E-state index contributed by atoms with van der Waals surface area (Å²) in [7, 11) is 0.